The SMILES string of the molecule is Cc1ccccc1C(=NOCCN1CCC=C(C(=O)O)C1)c1ccccc1C.Cl. The Bertz CT molecular complexity index is 861. The zero-order chi connectivity index (χ0) is 19.9. The molecular weight excluding hydrogens is 388 g/mol. The first kappa shape index (κ1) is 22.7. The molecule has 0 spiro atoms. The summed E-state index contributed by atoms with van der Waals surface area (Å²) in [6.07, 6.45) is 2.55. The molecule has 0 aliphatic carbocycles. The average Bonchev–Trinajstić information content (AvgIpc) is 2.70. The molecule has 3 rings (SSSR count). The van der Waals surface area contributed by atoms with Crippen LogP contribution >= 0.6 is 12.4 Å². The van der Waals surface area contributed by atoms with Crippen LogP contribution in [0.15, 0.2) is 65.3 Å². The fraction of sp³-hybridized carbons (Fsp3) is 0.304. The van der Waals surface area contributed by atoms with Crippen LogP contribution in [0.5, 0.6) is 0 Å². The molecule has 0 radical (unpaired) electrons. The number of carboxylic acids is 1. The topological polar surface area (TPSA) is 62.1 Å². The predicted octanol–water partition coefficient (Wildman–Crippen LogP) is 4.21. The second kappa shape index (κ2) is 10.8. The highest BCUT2D eigenvalue weighted by molar-refractivity contribution is 6.14. The summed E-state index contributed by atoms with van der Waals surface area (Å²) in [6, 6.07) is 16.3. The predicted molar refractivity (Wildman–Crippen MR) is 118 cm³/mol. The number of hydrogen-bond donors (Lipinski definition) is 1. The summed E-state index contributed by atoms with van der Waals surface area (Å²) < 4.78 is 0. The minimum Gasteiger partial charge on any atom is -0.478 e. The molecule has 1 aliphatic rings. The molecule has 0 atom stereocenters. The quantitative estimate of drug-likeness (QED) is 0.418. The first-order valence-corrected chi connectivity index (χ1v) is 9.53. The zero-order valence-electron chi connectivity index (χ0n) is 16.8. The van der Waals surface area contributed by atoms with Gasteiger partial charge in [-0.2, -0.15) is 0 Å². The number of carboxylic acid groups (broad SMARTS) is 1. The van der Waals surface area contributed by atoms with Crippen molar-refractivity contribution in [1.82, 2.24) is 4.90 Å². The molecule has 0 unspecified atom stereocenters. The Morgan fingerprint density at radius 1 is 1.07 bits per heavy atom. The Kier molecular flexibility index (Phi) is 8.43. The summed E-state index contributed by atoms with van der Waals surface area (Å²) in [5, 5.41) is 13.6. The lowest BCUT2D eigenvalue weighted by Crippen LogP contribution is -2.34. The third-order valence-electron chi connectivity index (χ3n) is 4.96. The van der Waals surface area contributed by atoms with Crippen LogP contribution in [0.4, 0.5) is 0 Å². The number of hydrogen-bond acceptors (Lipinski definition) is 4. The van der Waals surface area contributed by atoms with Crippen molar-refractivity contribution in [1.29, 1.82) is 0 Å². The largest absolute Gasteiger partial charge is 0.478 e. The van der Waals surface area contributed by atoms with Gasteiger partial charge in [0.1, 0.15) is 12.3 Å². The van der Waals surface area contributed by atoms with E-state index in [0.717, 1.165) is 40.9 Å². The van der Waals surface area contributed by atoms with E-state index < -0.39 is 5.97 Å². The van der Waals surface area contributed by atoms with E-state index in [-0.39, 0.29) is 12.4 Å². The molecule has 29 heavy (non-hydrogen) atoms. The number of halogens is 1. The minimum absolute atomic E-state index is 0. The molecule has 0 saturated heterocycles. The molecule has 1 aliphatic heterocycles. The van der Waals surface area contributed by atoms with Gasteiger partial charge in [0.2, 0.25) is 0 Å². The van der Waals surface area contributed by atoms with Crippen LogP contribution in [0.1, 0.15) is 28.7 Å². The van der Waals surface area contributed by atoms with Gasteiger partial charge in [-0.05, 0) is 31.4 Å². The van der Waals surface area contributed by atoms with Crippen molar-refractivity contribution in [3.63, 3.8) is 0 Å². The zero-order valence-corrected chi connectivity index (χ0v) is 17.6. The summed E-state index contributed by atoms with van der Waals surface area (Å²) in [6.45, 7) is 6.47. The lowest BCUT2D eigenvalue weighted by Gasteiger charge is -2.24. The van der Waals surface area contributed by atoms with Crippen molar-refractivity contribution < 1.29 is 14.7 Å². The number of aryl methyl sites for hydroxylation is 2. The molecule has 0 amide bonds. The number of aliphatic carboxylic acids is 1. The normalized spacial score (nSPS) is 13.8. The molecule has 6 heteroatoms. The van der Waals surface area contributed by atoms with Crippen molar-refractivity contribution in [2.24, 2.45) is 5.16 Å². The summed E-state index contributed by atoms with van der Waals surface area (Å²) in [7, 11) is 0. The Hall–Kier alpha value is -2.63. The Balaban J connectivity index is 0.00000300. The highest BCUT2D eigenvalue weighted by atomic mass is 35.5. The van der Waals surface area contributed by atoms with Crippen LogP contribution in [-0.2, 0) is 9.63 Å². The van der Waals surface area contributed by atoms with E-state index in [1.807, 2.05) is 24.3 Å². The third kappa shape index (κ3) is 5.92. The molecule has 1 N–H and O–H groups in total. The number of benzene rings is 2. The van der Waals surface area contributed by atoms with Gasteiger partial charge >= 0.3 is 5.97 Å². The van der Waals surface area contributed by atoms with E-state index in [4.69, 9.17) is 9.94 Å². The lowest BCUT2D eigenvalue weighted by atomic mass is 9.95. The monoisotopic (exact) mass is 414 g/mol. The molecule has 154 valence electrons. The lowest BCUT2D eigenvalue weighted by molar-refractivity contribution is -0.133. The molecule has 0 bridgehead atoms. The van der Waals surface area contributed by atoms with Gasteiger partial charge in [-0.3, -0.25) is 4.90 Å². The minimum atomic E-state index is -0.843. The van der Waals surface area contributed by atoms with Gasteiger partial charge in [0.05, 0.1) is 0 Å². The van der Waals surface area contributed by atoms with E-state index in [0.29, 0.717) is 25.3 Å². The number of oxime groups is 1. The molecule has 2 aromatic carbocycles. The van der Waals surface area contributed by atoms with E-state index in [1.165, 1.54) is 0 Å². The standard InChI is InChI=1S/C23H26N2O3.ClH/c1-17-8-3-5-11-20(17)22(21-12-6-4-9-18(21)2)24-28-15-14-25-13-7-10-19(16-25)23(26)27;/h3-6,8-12H,7,13-16H2,1-2H3,(H,26,27);1H. The summed E-state index contributed by atoms with van der Waals surface area (Å²) in [5.41, 5.74) is 5.65. The van der Waals surface area contributed by atoms with Gasteiger partial charge < -0.3 is 9.94 Å². The molecular formula is C23H27ClN2O3. The molecule has 0 saturated carbocycles. The second-order valence-corrected chi connectivity index (χ2v) is 7.00. The van der Waals surface area contributed by atoms with Crippen LogP contribution < -0.4 is 0 Å². The van der Waals surface area contributed by atoms with Crippen LogP contribution in [0, 0.1) is 13.8 Å². The Morgan fingerprint density at radius 2 is 1.66 bits per heavy atom. The van der Waals surface area contributed by atoms with Gasteiger partial charge in [0.15, 0.2) is 0 Å². The van der Waals surface area contributed by atoms with Crippen LogP contribution in [0.2, 0.25) is 0 Å². The van der Waals surface area contributed by atoms with Crippen molar-refractivity contribution in [3.05, 3.63) is 82.4 Å². The summed E-state index contributed by atoms with van der Waals surface area (Å²) in [4.78, 5) is 18.9. The maximum Gasteiger partial charge on any atom is 0.332 e. The Labute approximate surface area is 178 Å². The third-order valence-corrected chi connectivity index (χ3v) is 4.96. The highest BCUT2D eigenvalue weighted by Crippen LogP contribution is 2.18. The number of rotatable bonds is 7. The molecule has 2 aromatic rings. The maximum atomic E-state index is 11.1. The van der Waals surface area contributed by atoms with E-state index in [2.05, 4.69) is 48.2 Å². The highest BCUT2D eigenvalue weighted by Gasteiger charge is 2.17. The molecule has 0 aromatic heterocycles. The number of nitrogens with zero attached hydrogens (tertiary/aromatic N) is 2. The number of carbonyl (C=O) groups is 1. The fourth-order valence-electron chi connectivity index (χ4n) is 3.35. The Morgan fingerprint density at radius 3 is 2.21 bits per heavy atom. The van der Waals surface area contributed by atoms with Crippen LogP contribution in [0.3, 0.4) is 0 Å². The molecule has 0 fully saturated rings. The first-order valence-electron chi connectivity index (χ1n) is 9.53. The van der Waals surface area contributed by atoms with Gasteiger partial charge in [0, 0.05) is 36.3 Å². The van der Waals surface area contributed by atoms with Crippen molar-refractivity contribution in [3.8, 4) is 0 Å². The van der Waals surface area contributed by atoms with Gasteiger partial charge in [-0.1, -0.05) is 59.8 Å². The second-order valence-electron chi connectivity index (χ2n) is 7.00. The average molecular weight is 415 g/mol. The van der Waals surface area contributed by atoms with Gasteiger partial charge in [-0.25, -0.2) is 4.79 Å². The van der Waals surface area contributed by atoms with Crippen LogP contribution in [-0.4, -0.2) is 47.9 Å². The van der Waals surface area contributed by atoms with Crippen molar-refractivity contribution in [2.75, 3.05) is 26.2 Å². The maximum absolute atomic E-state index is 11.1. The van der Waals surface area contributed by atoms with E-state index in [1.54, 1.807) is 6.08 Å². The molecule has 5 nitrogen and oxygen atoms in total. The van der Waals surface area contributed by atoms with Crippen LogP contribution in [0.25, 0.3) is 0 Å². The summed E-state index contributed by atoms with van der Waals surface area (Å²) in [5.74, 6) is -0.843. The first-order chi connectivity index (χ1) is 13.6. The smallest absolute Gasteiger partial charge is 0.332 e. The molecule has 1 heterocycles. The van der Waals surface area contributed by atoms with E-state index >= 15 is 0 Å². The van der Waals surface area contributed by atoms with Crippen molar-refractivity contribution >= 4 is 24.1 Å². The van der Waals surface area contributed by atoms with E-state index in [9.17, 15) is 4.79 Å². The van der Waals surface area contributed by atoms with Gasteiger partial charge in [0.25, 0.3) is 0 Å². The van der Waals surface area contributed by atoms with Gasteiger partial charge in [-0.15, -0.1) is 12.4 Å². The van der Waals surface area contributed by atoms with Crippen molar-refractivity contribution in [2.45, 2.75) is 20.3 Å². The fourth-order valence-corrected chi connectivity index (χ4v) is 3.35. The summed E-state index contributed by atoms with van der Waals surface area (Å²) >= 11 is 0.